The van der Waals surface area contributed by atoms with E-state index in [2.05, 4.69) is 17.1 Å². The highest BCUT2D eigenvalue weighted by Gasteiger charge is 2.32. The summed E-state index contributed by atoms with van der Waals surface area (Å²) in [6.45, 7) is 2.14. The monoisotopic (exact) mass is 436 g/mol. The number of ether oxygens (including phenoxy) is 2. The van der Waals surface area contributed by atoms with Crippen molar-refractivity contribution in [2.45, 2.75) is 44.4 Å². The molecule has 1 fully saturated rings. The number of anilines is 1. The quantitative estimate of drug-likeness (QED) is 0.670. The van der Waals surface area contributed by atoms with Gasteiger partial charge in [-0.05, 0) is 55.7 Å². The summed E-state index contributed by atoms with van der Waals surface area (Å²) in [7, 11) is 3.15. The number of carbonyl (C=O) groups is 1. The Morgan fingerprint density at radius 2 is 1.84 bits per heavy atom. The fraction of sp³-hybridized carbons (Fsp3) is 0.435. The first kappa shape index (κ1) is 22.9. The molecular formula is C23H27F3N2O3. The molecule has 1 aliphatic heterocycles. The van der Waals surface area contributed by atoms with E-state index in [1.54, 1.807) is 14.2 Å². The summed E-state index contributed by atoms with van der Waals surface area (Å²) in [5.74, 6) is 0.897. The van der Waals surface area contributed by atoms with Gasteiger partial charge in [0.15, 0.2) is 11.5 Å². The third kappa shape index (κ3) is 5.50. The van der Waals surface area contributed by atoms with Crippen LogP contribution in [0.5, 0.6) is 11.5 Å². The molecule has 1 heterocycles. The number of nitrogens with zero attached hydrogens (tertiary/aromatic N) is 1. The molecule has 168 valence electrons. The average Bonchev–Trinajstić information content (AvgIpc) is 2.74. The number of hydrogen-bond donors (Lipinski definition) is 1. The molecule has 5 nitrogen and oxygen atoms in total. The Kier molecular flexibility index (Phi) is 7.10. The number of methoxy groups -OCH3 is 2. The minimum Gasteiger partial charge on any atom is -0.493 e. The molecular weight excluding hydrogens is 409 g/mol. The summed E-state index contributed by atoms with van der Waals surface area (Å²) in [6.07, 6.45) is -1.62. The van der Waals surface area contributed by atoms with Gasteiger partial charge in [0.05, 0.1) is 26.3 Å². The van der Waals surface area contributed by atoms with Crippen LogP contribution in [0, 0.1) is 0 Å². The second kappa shape index (κ2) is 9.60. The van der Waals surface area contributed by atoms with Crippen LogP contribution in [0.25, 0.3) is 0 Å². The molecule has 1 saturated heterocycles. The molecule has 0 saturated carbocycles. The first-order valence-corrected chi connectivity index (χ1v) is 10.2. The summed E-state index contributed by atoms with van der Waals surface area (Å²) < 4.78 is 49.6. The number of alkyl halides is 3. The Labute approximate surface area is 180 Å². The van der Waals surface area contributed by atoms with Gasteiger partial charge in [-0.2, -0.15) is 13.2 Å². The van der Waals surface area contributed by atoms with Gasteiger partial charge >= 0.3 is 6.18 Å². The largest absolute Gasteiger partial charge is 0.493 e. The molecule has 1 amide bonds. The number of benzene rings is 2. The van der Waals surface area contributed by atoms with E-state index >= 15 is 0 Å². The van der Waals surface area contributed by atoms with Crippen molar-refractivity contribution >= 4 is 11.6 Å². The predicted octanol–water partition coefficient (Wildman–Crippen LogP) is 5.28. The average molecular weight is 436 g/mol. The zero-order chi connectivity index (χ0) is 22.6. The topological polar surface area (TPSA) is 50.8 Å². The van der Waals surface area contributed by atoms with E-state index in [1.165, 1.54) is 12.1 Å². The first-order chi connectivity index (χ1) is 14.7. The lowest BCUT2D eigenvalue weighted by molar-refractivity contribution is -0.137. The van der Waals surface area contributed by atoms with Crippen LogP contribution < -0.4 is 14.8 Å². The highest BCUT2D eigenvalue weighted by Crippen LogP contribution is 2.38. The second-order valence-corrected chi connectivity index (χ2v) is 7.71. The summed E-state index contributed by atoms with van der Waals surface area (Å²) in [4.78, 5) is 14.8. The van der Waals surface area contributed by atoms with Crippen LogP contribution in [0.2, 0.25) is 0 Å². The Bertz CT molecular complexity index is 917. The summed E-state index contributed by atoms with van der Waals surface area (Å²) >= 11 is 0. The van der Waals surface area contributed by atoms with E-state index in [0.717, 1.165) is 37.0 Å². The molecule has 2 aromatic carbocycles. The molecule has 0 aromatic heterocycles. The standard InChI is InChI=1S/C23H27F3N2O3/c1-15-6-4-9-19(16-10-11-20(30-2)21(12-16)31-3)28(15)14-22(29)27-18-8-5-7-17(13-18)23(24,25)26/h5,7-8,10-13,15,19H,4,6,9,14H2,1-3H3,(H,27,29)/t15?,19-/m1/s1. The second-order valence-electron chi connectivity index (χ2n) is 7.71. The van der Waals surface area contributed by atoms with Gasteiger partial charge in [0.1, 0.15) is 0 Å². The minimum absolute atomic E-state index is 0.00387. The van der Waals surface area contributed by atoms with Gasteiger partial charge < -0.3 is 14.8 Å². The van der Waals surface area contributed by atoms with E-state index in [-0.39, 0.29) is 30.2 Å². The normalized spacial score (nSPS) is 19.7. The van der Waals surface area contributed by atoms with E-state index in [4.69, 9.17) is 9.47 Å². The number of piperidine rings is 1. The van der Waals surface area contributed by atoms with Crippen LogP contribution in [0.1, 0.15) is 43.4 Å². The molecule has 31 heavy (non-hydrogen) atoms. The lowest BCUT2D eigenvalue weighted by atomic mass is 9.91. The predicted molar refractivity (Wildman–Crippen MR) is 112 cm³/mol. The maximum absolute atomic E-state index is 12.9. The number of rotatable bonds is 6. The van der Waals surface area contributed by atoms with Crippen molar-refractivity contribution in [2.75, 3.05) is 26.1 Å². The number of nitrogens with one attached hydrogen (secondary N) is 1. The molecule has 3 rings (SSSR count). The molecule has 2 aromatic rings. The molecule has 2 atom stereocenters. The smallest absolute Gasteiger partial charge is 0.416 e. The maximum Gasteiger partial charge on any atom is 0.416 e. The number of likely N-dealkylation sites (tertiary alicyclic amines) is 1. The van der Waals surface area contributed by atoms with Crippen LogP contribution in [0.15, 0.2) is 42.5 Å². The van der Waals surface area contributed by atoms with E-state index in [1.807, 2.05) is 18.2 Å². The summed E-state index contributed by atoms with van der Waals surface area (Å²) in [5.41, 5.74) is 0.350. The van der Waals surface area contributed by atoms with Crippen molar-refractivity contribution in [3.8, 4) is 11.5 Å². The highest BCUT2D eigenvalue weighted by molar-refractivity contribution is 5.92. The molecule has 8 heteroatoms. The lowest BCUT2D eigenvalue weighted by Crippen LogP contribution is -2.44. The van der Waals surface area contributed by atoms with Crippen LogP contribution in [0.4, 0.5) is 18.9 Å². The van der Waals surface area contributed by atoms with Gasteiger partial charge in [-0.15, -0.1) is 0 Å². The molecule has 1 unspecified atom stereocenters. The maximum atomic E-state index is 12.9. The van der Waals surface area contributed by atoms with Crippen LogP contribution in [0.3, 0.4) is 0 Å². The zero-order valence-electron chi connectivity index (χ0n) is 17.8. The van der Waals surface area contributed by atoms with Crippen molar-refractivity contribution in [1.29, 1.82) is 0 Å². The van der Waals surface area contributed by atoms with E-state index < -0.39 is 11.7 Å². The number of halogens is 3. The van der Waals surface area contributed by atoms with Crippen LogP contribution in [-0.2, 0) is 11.0 Å². The number of carbonyl (C=O) groups excluding carboxylic acids is 1. The van der Waals surface area contributed by atoms with Crippen molar-refractivity contribution in [2.24, 2.45) is 0 Å². The molecule has 0 bridgehead atoms. The molecule has 0 aliphatic carbocycles. The van der Waals surface area contributed by atoms with Crippen molar-refractivity contribution in [1.82, 2.24) is 4.90 Å². The number of amides is 1. The van der Waals surface area contributed by atoms with Gasteiger partial charge in [0.25, 0.3) is 0 Å². The number of hydrogen-bond acceptors (Lipinski definition) is 4. The Balaban J connectivity index is 1.77. The highest BCUT2D eigenvalue weighted by atomic mass is 19.4. The van der Waals surface area contributed by atoms with Crippen LogP contribution in [-0.4, -0.2) is 37.6 Å². The van der Waals surface area contributed by atoms with Crippen molar-refractivity contribution < 1.29 is 27.4 Å². The SMILES string of the molecule is COc1ccc([C@H]2CCCC(C)N2CC(=O)Nc2cccc(C(F)(F)F)c2)cc1OC. The van der Waals surface area contributed by atoms with Gasteiger partial charge in [-0.1, -0.05) is 18.6 Å². The van der Waals surface area contributed by atoms with Crippen molar-refractivity contribution in [3.63, 3.8) is 0 Å². The third-order valence-electron chi connectivity index (χ3n) is 5.66. The van der Waals surface area contributed by atoms with E-state index in [0.29, 0.717) is 11.5 Å². The Morgan fingerprint density at radius 3 is 2.52 bits per heavy atom. The third-order valence-corrected chi connectivity index (χ3v) is 5.66. The van der Waals surface area contributed by atoms with Gasteiger partial charge in [0, 0.05) is 17.8 Å². The van der Waals surface area contributed by atoms with E-state index in [9.17, 15) is 18.0 Å². The Morgan fingerprint density at radius 1 is 1.10 bits per heavy atom. The molecule has 1 aliphatic rings. The summed E-state index contributed by atoms with van der Waals surface area (Å²) in [5, 5.41) is 2.61. The minimum atomic E-state index is -4.46. The van der Waals surface area contributed by atoms with Crippen LogP contribution >= 0.6 is 0 Å². The fourth-order valence-electron chi connectivity index (χ4n) is 4.07. The van der Waals surface area contributed by atoms with Gasteiger partial charge in [0.2, 0.25) is 5.91 Å². The van der Waals surface area contributed by atoms with Crippen molar-refractivity contribution in [3.05, 3.63) is 53.6 Å². The van der Waals surface area contributed by atoms with Gasteiger partial charge in [-0.25, -0.2) is 0 Å². The first-order valence-electron chi connectivity index (χ1n) is 10.2. The zero-order valence-corrected chi connectivity index (χ0v) is 17.8. The summed E-state index contributed by atoms with van der Waals surface area (Å²) in [6, 6.07) is 10.5. The lowest BCUT2D eigenvalue weighted by Gasteiger charge is -2.40. The molecule has 0 spiro atoms. The Hall–Kier alpha value is -2.74. The fourth-order valence-corrected chi connectivity index (χ4v) is 4.07. The van der Waals surface area contributed by atoms with Gasteiger partial charge in [-0.3, -0.25) is 9.69 Å². The molecule has 0 radical (unpaired) electrons. The molecule has 1 N–H and O–H groups in total.